The van der Waals surface area contributed by atoms with Gasteiger partial charge in [0, 0.05) is 31.5 Å². The quantitative estimate of drug-likeness (QED) is 0.792. The summed E-state index contributed by atoms with van der Waals surface area (Å²) in [7, 11) is 0. The van der Waals surface area contributed by atoms with Crippen LogP contribution in [0.1, 0.15) is 6.42 Å². The van der Waals surface area contributed by atoms with Gasteiger partial charge in [0.2, 0.25) is 0 Å². The molecular weight excluding hydrogens is 292 g/mol. The van der Waals surface area contributed by atoms with Crippen LogP contribution in [-0.4, -0.2) is 54.3 Å². The summed E-state index contributed by atoms with van der Waals surface area (Å²) < 4.78 is 11.1. The lowest BCUT2D eigenvalue weighted by atomic mass is 10.3. The molecule has 0 amide bonds. The largest absolute Gasteiger partial charge is 0.494 e. The summed E-state index contributed by atoms with van der Waals surface area (Å²) in [5, 5.41) is 3.22. The second-order valence-electron chi connectivity index (χ2n) is 5.40. The summed E-state index contributed by atoms with van der Waals surface area (Å²) in [6.07, 6.45) is 4.26. The van der Waals surface area contributed by atoms with Crippen LogP contribution >= 0.6 is 0 Å². The van der Waals surface area contributed by atoms with Crippen molar-refractivity contribution in [1.29, 1.82) is 0 Å². The molecule has 0 bridgehead atoms. The van der Waals surface area contributed by atoms with E-state index in [-0.39, 0.29) is 0 Å². The molecule has 1 aliphatic rings. The fourth-order valence-electron chi connectivity index (χ4n) is 2.45. The van der Waals surface area contributed by atoms with Crippen molar-refractivity contribution >= 4 is 11.5 Å². The Morgan fingerprint density at radius 2 is 1.96 bits per heavy atom. The Hall–Kier alpha value is -2.18. The third-order valence-corrected chi connectivity index (χ3v) is 3.70. The molecule has 0 aliphatic carbocycles. The predicted octanol–water partition coefficient (Wildman–Crippen LogP) is 2.32. The molecule has 6 heteroatoms. The number of morpholine rings is 1. The predicted molar refractivity (Wildman–Crippen MR) is 89.1 cm³/mol. The highest BCUT2D eigenvalue weighted by Crippen LogP contribution is 2.18. The average molecular weight is 314 g/mol. The smallest absolute Gasteiger partial charge is 0.133 e. The molecule has 0 spiro atoms. The minimum absolute atomic E-state index is 0.732. The van der Waals surface area contributed by atoms with Crippen LogP contribution < -0.4 is 10.1 Å². The minimum atomic E-state index is 0.732. The van der Waals surface area contributed by atoms with E-state index in [2.05, 4.69) is 20.2 Å². The van der Waals surface area contributed by atoms with Crippen LogP contribution in [-0.2, 0) is 4.74 Å². The van der Waals surface area contributed by atoms with Gasteiger partial charge in [-0.3, -0.25) is 4.90 Å². The summed E-state index contributed by atoms with van der Waals surface area (Å²) in [5.74, 6) is 1.67. The van der Waals surface area contributed by atoms with E-state index in [1.54, 1.807) is 6.20 Å². The number of hydrogen-bond donors (Lipinski definition) is 1. The number of benzene rings is 1. The maximum atomic E-state index is 5.79. The Bertz CT molecular complexity index is 571. The Labute approximate surface area is 136 Å². The zero-order valence-corrected chi connectivity index (χ0v) is 13.1. The molecule has 1 aromatic heterocycles. The first-order valence-corrected chi connectivity index (χ1v) is 7.96. The van der Waals surface area contributed by atoms with Crippen molar-refractivity contribution in [2.75, 3.05) is 44.8 Å². The fraction of sp³-hybridized carbons (Fsp3) is 0.412. The molecular formula is C17H22N4O2. The van der Waals surface area contributed by atoms with Crippen molar-refractivity contribution in [2.24, 2.45) is 0 Å². The van der Waals surface area contributed by atoms with Crippen molar-refractivity contribution in [3.63, 3.8) is 0 Å². The summed E-state index contributed by atoms with van der Waals surface area (Å²) >= 11 is 0. The maximum Gasteiger partial charge on any atom is 0.133 e. The Kier molecular flexibility index (Phi) is 5.77. The van der Waals surface area contributed by atoms with E-state index in [1.165, 1.54) is 6.33 Å². The van der Waals surface area contributed by atoms with E-state index in [0.29, 0.717) is 0 Å². The second kappa shape index (κ2) is 8.45. The van der Waals surface area contributed by atoms with Crippen LogP contribution in [0, 0.1) is 0 Å². The molecule has 1 aromatic carbocycles. The summed E-state index contributed by atoms with van der Waals surface area (Å²) in [6, 6.07) is 9.74. The average Bonchev–Trinajstić information content (AvgIpc) is 2.62. The lowest BCUT2D eigenvalue weighted by molar-refractivity contribution is 0.0358. The third kappa shape index (κ3) is 5.19. The molecule has 2 heterocycles. The topological polar surface area (TPSA) is 59.5 Å². The summed E-state index contributed by atoms with van der Waals surface area (Å²) in [6.45, 7) is 5.56. The molecule has 2 aromatic rings. The van der Waals surface area contributed by atoms with Gasteiger partial charge in [0.25, 0.3) is 0 Å². The van der Waals surface area contributed by atoms with Gasteiger partial charge in [-0.15, -0.1) is 0 Å². The van der Waals surface area contributed by atoms with Gasteiger partial charge in [-0.05, 0) is 36.8 Å². The SMILES string of the molecule is c1cc(Nc2ccc(OCCCN3CCOCC3)cc2)ncn1. The lowest BCUT2D eigenvalue weighted by Crippen LogP contribution is -2.37. The van der Waals surface area contributed by atoms with Crippen LogP contribution in [0.15, 0.2) is 42.9 Å². The van der Waals surface area contributed by atoms with Crippen LogP contribution in [0.3, 0.4) is 0 Å². The summed E-state index contributed by atoms with van der Waals surface area (Å²) in [5.41, 5.74) is 0.976. The number of rotatable bonds is 7. The van der Waals surface area contributed by atoms with E-state index in [1.807, 2.05) is 30.3 Å². The second-order valence-corrected chi connectivity index (χ2v) is 5.40. The van der Waals surface area contributed by atoms with Crippen molar-refractivity contribution in [1.82, 2.24) is 14.9 Å². The van der Waals surface area contributed by atoms with E-state index in [9.17, 15) is 0 Å². The van der Waals surface area contributed by atoms with E-state index < -0.39 is 0 Å². The zero-order chi connectivity index (χ0) is 15.7. The Morgan fingerprint density at radius 3 is 2.70 bits per heavy atom. The van der Waals surface area contributed by atoms with Crippen LogP contribution in [0.2, 0.25) is 0 Å². The monoisotopic (exact) mass is 314 g/mol. The van der Waals surface area contributed by atoms with E-state index in [4.69, 9.17) is 9.47 Å². The zero-order valence-electron chi connectivity index (χ0n) is 13.1. The molecule has 0 radical (unpaired) electrons. The van der Waals surface area contributed by atoms with Gasteiger partial charge in [0.1, 0.15) is 17.9 Å². The van der Waals surface area contributed by atoms with Gasteiger partial charge < -0.3 is 14.8 Å². The van der Waals surface area contributed by atoms with Gasteiger partial charge in [-0.1, -0.05) is 0 Å². The van der Waals surface area contributed by atoms with E-state index in [0.717, 1.165) is 63.1 Å². The maximum absolute atomic E-state index is 5.79. The molecule has 1 saturated heterocycles. The summed E-state index contributed by atoms with van der Waals surface area (Å²) in [4.78, 5) is 10.4. The normalized spacial score (nSPS) is 15.3. The molecule has 23 heavy (non-hydrogen) atoms. The minimum Gasteiger partial charge on any atom is -0.494 e. The molecule has 1 aliphatic heterocycles. The molecule has 0 atom stereocenters. The molecule has 0 unspecified atom stereocenters. The molecule has 6 nitrogen and oxygen atoms in total. The van der Waals surface area contributed by atoms with Crippen LogP contribution in [0.5, 0.6) is 5.75 Å². The highest BCUT2D eigenvalue weighted by Gasteiger charge is 2.09. The number of nitrogens with one attached hydrogen (secondary N) is 1. The lowest BCUT2D eigenvalue weighted by Gasteiger charge is -2.26. The van der Waals surface area contributed by atoms with Crippen molar-refractivity contribution in [2.45, 2.75) is 6.42 Å². The Balaban J connectivity index is 1.39. The van der Waals surface area contributed by atoms with Crippen molar-refractivity contribution in [3.8, 4) is 5.75 Å². The molecule has 1 fully saturated rings. The highest BCUT2D eigenvalue weighted by atomic mass is 16.5. The van der Waals surface area contributed by atoms with E-state index >= 15 is 0 Å². The van der Waals surface area contributed by atoms with Crippen molar-refractivity contribution < 1.29 is 9.47 Å². The molecule has 122 valence electrons. The molecule has 3 rings (SSSR count). The number of anilines is 2. The van der Waals surface area contributed by atoms with Gasteiger partial charge in [0.15, 0.2) is 0 Å². The first-order chi connectivity index (χ1) is 11.4. The molecule has 1 N–H and O–H groups in total. The molecule has 0 saturated carbocycles. The number of aromatic nitrogens is 2. The first kappa shape index (κ1) is 15.7. The first-order valence-electron chi connectivity index (χ1n) is 7.96. The Morgan fingerprint density at radius 1 is 1.13 bits per heavy atom. The number of nitrogens with zero attached hydrogens (tertiary/aromatic N) is 3. The standard InChI is InChI=1S/C17H22N4O2/c1(8-21-9-12-22-13-10-21)11-23-16-4-2-15(3-5-16)20-17-6-7-18-14-19-17/h2-7,14H,1,8-13H2,(H,18,19,20). The fourth-order valence-corrected chi connectivity index (χ4v) is 2.45. The van der Waals surface area contributed by atoms with Gasteiger partial charge in [0.05, 0.1) is 19.8 Å². The van der Waals surface area contributed by atoms with Gasteiger partial charge >= 0.3 is 0 Å². The highest BCUT2D eigenvalue weighted by molar-refractivity contribution is 5.56. The number of ether oxygens (including phenoxy) is 2. The van der Waals surface area contributed by atoms with Crippen LogP contribution in [0.25, 0.3) is 0 Å². The third-order valence-electron chi connectivity index (χ3n) is 3.70. The van der Waals surface area contributed by atoms with Gasteiger partial charge in [-0.25, -0.2) is 9.97 Å². The van der Waals surface area contributed by atoms with Crippen LogP contribution in [0.4, 0.5) is 11.5 Å². The van der Waals surface area contributed by atoms with Gasteiger partial charge in [-0.2, -0.15) is 0 Å². The van der Waals surface area contributed by atoms with Crippen molar-refractivity contribution in [3.05, 3.63) is 42.9 Å². The number of hydrogen-bond acceptors (Lipinski definition) is 6.